The first-order chi connectivity index (χ1) is 14.2. The molecule has 2 aromatic rings. The SMILES string of the molecule is COC(=O)[C@]1(O)C[C@@]2(C)O[C@]1(C)c1c2c(O)n(-c2ccc(C#N)c(C(F)(F)F)c2)c1O. The summed E-state index contributed by atoms with van der Waals surface area (Å²) in [5.74, 6) is -2.34. The summed E-state index contributed by atoms with van der Waals surface area (Å²) in [6.45, 7) is 2.80. The van der Waals surface area contributed by atoms with Gasteiger partial charge in [-0.2, -0.15) is 18.4 Å². The summed E-state index contributed by atoms with van der Waals surface area (Å²) in [6.07, 6.45) is -5.16. The Bertz CT molecular complexity index is 1180. The topological polar surface area (TPSA) is 125 Å². The van der Waals surface area contributed by atoms with Crippen molar-refractivity contribution in [3.8, 4) is 23.5 Å². The van der Waals surface area contributed by atoms with E-state index in [0.29, 0.717) is 6.07 Å². The summed E-state index contributed by atoms with van der Waals surface area (Å²) in [7, 11) is 1.07. The lowest BCUT2D eigenvalue weighted by atomic mass is 9.69. The number of carbonyl (C=O) groups excluding carboxylic acids is 1. The number of benzene rings is 1. The molecule has 8 nitrogen and oxygen atoms in total. The number of halogens is 3. The maximum Gasteiger partial charge on any atom is 0.417 e. The van der Waals surface area contributed by atoms with Crippen LogP contribution in [-0.2, 0) is 31.6 Å². The van der Waals surface area contributed by atoms with Crippen LogP contribution in [0.5, 0.6) is 11.8 Å². The fourth-order valence-electron chi connectivity index (χ4n) is 4.81. The van der Waals surface area contributed by atoms with Crippen molar-refractivity contribution in [1.82, 2.24) is 4.57 Å². The number of carbonyl (C=O) groups is 1. The number of nitrogens with zero attached hydrogens (tertiary/aromatic N) is 2. The van der Waals surface area contributed by atoms with Crippen molar-refractivity contribution in [2.24, 2.45) is 0 Å². The van der Waals surface area contributed by atoms with E-state index in [0.717, 1.165) is 23.8 Å². The first kappa shape index (κ1) is 21.0. The van der Waals surface area contributed by atoms with Crippen molar-refractivity contribution in [3.05, 3.63) is 40.5 Å². The van der Waals surface area contributed by atoms with Crippen LogP contribution in [0.3, 0.4) is 0 Å². The molecule has 1 saturated heterocycles. The molecule has 1 fully saturated rings. The molecule has 11 heteroatoms. The van der Waals surface area contributed by atoms with Gasteiger partial charge in [0.1, 0.15) is 11.2 Å². The Kier molecular flexibility index (Phi) is 4.02. The summed E-state index contributed by atoms with van der Waals surface area (Å²) in [5, 5.41) is 41.8. The van der Waals surface area contributed by atoms with E-state index in [-0.39, 0.29) is 23.2 Å². The first-order valence-corrected chi connectivity index (χ1v) is 9.05. The smallest absolute Gasteiger partial charge is 0.417 e. The molecular weight excluding hydrogens is 421 g/mol. The summed E-state index contributed by atoms with van der Waals surface area (Å²) in [5.41, 5.74) is -7.72. The highest BCUT2D eigenvalue weighted by Crippen LogP contribution is 2.67. The number of hydrogen-bond donors (Lipinski definition) is 3. The van der Waals surface area contributed by atoms with E-state index in [4.69, 9.17) is 10.00 Å². The van der Waals surface area contributed by atoms with E-state index in [1.54, 1.807) is 0 Å². The maximum atomic E-state index is 13.4. The highest BCUT2D eigenvalue weighted by Gasteiger charge is 2.74. The Hall–Kier alpha value is -3.23. The van der Waals surface area contributed by atoms with Crippen LogP contribution in [0.2, 0.25) is 0 Å². The predicted molar refractivity (Wildman–Crippen MR) is 96.2 cm³/mol. The number of ether oxygens (including phenoxy) is 2. The van der Waals surface area contributed by atoms with Gasteiger partial charge in [0.15, 0.2) is 5.60 Å². The molecule has 0 saturated carbocycles. The zero-order valence-corrected chi connectivity index (χ0v) is 16.5. The molecule has 2 aliphatic rings. The lowest BCUT2D eigenvalue weighted by molar-refractivity contribution is -0.183. The minimum atomic E-state index is -4.85. The molecule has 1 aromatic heterocycles. The fourth-order valence-corrected chi connectivity index (χ4v) is 4.81. The first-order valence-electron chi connectivity index (χ1n) is 9.05. The van der Waals surface area contributed by atoms with Crippen LogP contribution in [0.4, 0.5) is 13.2 Å². The number of fused-ring (bicyclic) bond motifs is 5. The van der Waals surface area contributed by atoms with Crippen LogP contribution >= 0.6 is 0 Å². The standard InChI is InChI=1S/C20H17F3N2O6/c1-17-8-19(29,16(28)30-3)18(2,31-17)13-12(17)14(26)25(15(13)27)10-5-4-9(7-24)11(6-10)20(21,22)23/h4-6,26-27,29H,8H2,1-3H3/t17-,18-,19-/m1/s1. The molecule has 3 atom stereocenters. The van der Waals surface area contributed by atoms with E-state index in [9.17, 15) is 33.3 Å². The van der Waals surface area contributed by atoms with Crippen LogP contribution < -0.4 is 0 Å². The van der Waals surface area contributed by atoms with Gasteiger partial charge in [-0.25, -0.2) is 4.79 Å². The third kappa shape index (κ3) is 2.40. The lowest BCUT2D eigenvalue weighted by Crippen LogP contribution is -2.54. The molecule has 0 spiro atoms. The maximum absolute atomic E-state index is 13.4. The number of esters is 1. The summed E-state index contributed by atoms with van der Waals surface area (Å²) in [6, 6.07) is 4.12. The molecule has 0 radical (unpaired) electrons. The second kappa shape index (κ2) is 5.93. The van der Waals surface area contributed by atoms with Crippen LogP contribution in [-0.4, -0.2) is 38.6 Å². The molecule has 164 valence electrons. The average molecular weight is 438 g/mol. The number of aliphatic hydroxyl groups is 1. The molecule has 3 N–H and O–H groups in total. The highest BCUT2D eigenvalue weighted by molar-refractivity contribution is 5.84. The highest BCUT2D eigenvalue weighted by atomic mass is 19.4. The average Bonchev–Trinajstić information content (AvgIpc) is 3.19. The normalized spacial score (nSPS) is 29.0. The van der Waals surface area contributed by atoms with Gasteiger partial charge in [-0.1, -0.05) is 0 Å². The monoisotopic (exact) mass is 438 g/mol. The second-order valence-corrected chi connectivity index (χ2v) is 7.97. The van der Waals surface area contributed by atoms with Crippen LogP contribution in [0.25, 0.3) is 5.69 Å². The molecule has 0 amide bonds. The van der Waals surface area contributed by atoms with Gasteiger partial charge in [0.05, 0.1) is 41.1 Å². The van der Waals surface area contributed by atoms with Gasteiger partial charge in [-0.3, -0.25) is 4.57 Å². The Balaban J connectivity index is 1.98. The lowest BCUT2D eigenvalue weighted by Gasteiger charge is -2.35. The quantitative estimate of drug-likeness (QED) is 0.616. The van der Waals surface area contributed by atoms with Crippen molar-refractivity contribution in [2.45, 2.75) is 43.2 Å². The number of aromatic nitrogens is 1. The van der Waals surface area contributed by atoms with Gasteiger partial charge < -0.3 is 24.8 Å². The minimum absolute atomic E-state index is 0.0407. The van der Waals surface area contributed by atoms with Crippen molar-refractivity contribution in [1.29, 1.82) is 5.26 Å². The molecule has 0 aliphatic carbocycles. The van der Waals surface area contributed by atoms with Gasteiger partial charge in [0.25, 0.3) is 0 Å². The third-order valence-corrected chi connectivity index (χ3v) is 6.15. The van der Waals surface area contributed by atoms with Gasteiger partial charge in [-0.05, 0) is 32.0 Å². The molecule has 3 heterocycles. The number of methoxy groups -OCH3 is 1. The molecule has 4 rings (SSSR count). The van der Waals surface area contributed by atoms with E-state index in [1.165, 1.54) is 19.9 Å². The van der Waals surface area contributed by atoms with Gasteiger partial charge in [-0.15, -0.1) is 0 Å². The molecule has 1 aromatic carbocycles. The largest absolute Gasteiger partial charge is 0.494 e. The summed E-state index contributed by atoms with van der Waals surface area (Å²) in [4.78, 5) is 12.3. The molecule has 2 aliphatic heterocycles. The molecule has 0 unspecified atom stereocenters. The van der Waals surface area contributed by atoms with Gasteiger partial charge >= 0.3 is 12.1 Å². The minimum Gasteiger partial charge on any atom is -0.494 e. The number of hydrogen-bond acceptors (Lipinski definition) is 7. The van der Waals surface area contributed by atoms with E-state index < -0.39 is 51.8 Å². The van der Waals surface area contributed by atoms with Crippen molar-refractivity contribution in [3.63, 3.8) is 0 Å². The summed E-state index contributed by atoms with van der Waals surface area (Å²) >= 11 is 0. The number of aromatic hydroxyl groups is 2. The zero-order valence-electron chi connectivity index (χ0n) is 16.5. The number of alkyl halides is 3. The van der Waals surface area contributed by atoms with E-state index >= 15 is 0 Å². The molecular formula is C20H17F3N2O6. The van der Waals surface area contributed by atoms with Crippen LogP contribution in [0, 0.1) is 11.3 Å². The fraction of sp³-hybridized carbons (Fsp3) is 0.400. The predicted octanol–water partition coefficient (Wildman–Crippen LogP) is 2.55. The third-order valence-electron chi connectivity index (χ3n) is 6.15. The second-order valence-electron chi connectivity index (χ2n) is 7.97. The Labute approximate surface area is 173 Å². The Morgan fingerprint density at radius 3 is 2.42 bits per heavy atom. The van der Waals surface area contributed by atoms with Gasteiger partial charge in [0.2, 0.25) is 11.8 Å². The molecule has 31 heavy (non-hydrogen) atoms. The van der Waals surface area contributed by atoms with Gasteiger partial charge in [0, 0.05) is 6.42 Å². The molecule has 2 bridgehead atoms. The van der Waals surface area contributed by atoms with E-state index in [1.807, 2.05) is 0 Å². The number of rotatable bonds is 2. The Morgan fingerprint density at radius 1 is 1.26 bits per heavy atom. The van der Waals surface area contributed by atoms with E-state index in [2.05, 4.69) is 4.74 Å². The van der Waals surface area contributed by atoms with Crippen LogP contribution in [0.15, 0.2) is 18.2 Å². The number of nitriles is 1. The zero-order chi connectivity index (χ0) is 23.1. The van der Waals surface area contributed by atoms with Crippen molar-refractivity contribution >= 4 is 5.97 Å². The summed E-state index contributed by atoms with van der Waals surface area (Å²) < 4.78 is 51.5. The van der Waals surface area contributed by atoms with Crippen LogP contribution in [0.1, 0.15) is 42.5 Å². The van der Waals surface area contributed by atoms with Crippen molar-refractivity contribution in [2.75, 3.05) is 7.11 Å². The van der Waals surface area contributed by atoms with Crippen molar-refractivity contribution < 1.29 is 42.8 Å². The Morgan fingerprint density at radius 2 is 1.87 bits per heavy atom.